The van der Waals surface area contributed by atoms with Crippen molar-refractivity contribution in [3.05, 3.63) is 35.9 Å². The molecule has 3 rings (SSSR count). The molecular formula is C13H12N2O. The second-order valence-electron chi connectivity index (χ2n) is 4.07. The van der Waals surface area contributed by atoms with Crippen LogP contribution in [0.2, 0.25) is 0 Å². The van der Waals surface area contributed by atoms with Gasteiger partial charge in [0.05, 0.1) is 0 Å². The standard InChI is InChI=1S/C13H12N2O/c1-7-4-9(15)6-12-13(7)10-3-2-8(14)5-11(10)16-12/h2-6H,14-15H2,1H3. The minimum atomic E-state index is 0.706. The summed E-state index contributed by atoms with van der Waals surface area (Å²) in [4.78, 5) is 0. The fraction of sp³-hybridized carbons (Fsp3) is 0.0769. The molecule has 3 heteroatoms. The van der Waals surface area contributed by atoms with Gasteiger partial charge in [0.1, 0.15) is 11.2 Å². The molecule has 0 fully saturated rings. The first kappa shape index (κ1) is 9.09. The summed E-state index contributed by atoms with van der Waals surface area (Å²) in [6.45, 7) is 2.03. The van der Waals surface area contributed by atoms with Gasteiger partial charge in [0.15, 0.2) is 0 Å². The molecule has 3 nitrogen and oxygen atoms in total. The molecule has 0 saturated heterocycles. The van der Waals surface area contributed by atoms with E-state index in [1.807, 2.05) is 37.3 Å². The van der Waals surface area contributed by atoms with Gasteiger partial charge in [-0.05, 0) is 30.7 Å². The van der Waals surface area contributed by atoms with Crippen molar-refractivity contribution in [2.24, 2.45) is 0 Å². The van der Waals surface area contributed by atoms with Gasteiger partial charge in [-0.2, -0.15) is 0 Å². The van der Waals surface area contributed by atoms with Crippen LogP contribution in [-0.4, -0.2) is 0 Å². The van der Waals surface area contributed by atoms with Crippen molar-refractivity contribution in [3.63, 3.8) is 0 Å². The highest BCUT2D eigenvalue weighted by Crippen LogP contribution is 2.33. The minimum absolute atomic E-state index is 0.706. The maximum atomic E-state index is 5.79. The van der Waals surface area contributed by atoms with E-state index in [1.165, 1.54) is 0 Å². The van der Waals surface area contributed by atoms with Crippen LogP contribution in [0, 0.1) is 6.92 Å². The lowest BCUT2D eigenvalue weighted by Crippen LogP contribution is -1.85. The second kappa shape index (κ2) is 2.92. The lowest BCUT2D eigenvalue weighted by atomic mass is 10.1. The summed E-state index contributed by atoms with van der Waals surface area (Å²) in [5, 5.41) is 2.20. The molecule has 4 N–H and O–H groups in total. The monoisotopic (exact) mass is 212 g/mol. The zero-order chi connectivity index (χ0) is 11.3. The van der Waals surface area contributed by atoms with Gasteiger partial charge in [-0.1, -0.05) is 0 Å². The van der Waals surface area contributed by atoms with Crippen molar-refractivity contribution in [2.75, 3.05) is 11.5 Å². The summed E-state index contributed by atoms with van der Waals surface area (Å²) in [5.74, 6) is 0. The van der Waals surface area contributed by atoms with Gasteiger partial charge < -0.3 is 15.9 Å². The summed E-state index contributed by atoms with van der Waals surface area (Å²) in [7, 11) is 0. The smallest absolute Gasteiger partial charge is 0.137 e. The van der Waals surface area contributed by atoms with Crippen molar-refractivity contribution in [1.82, 2.24) is 0 Å². The van der Waals surface area contributed by atoms with E-state index in [0.717, 1.165) is 33.2 Å². The number of nitrogen functional groups attached to an aromatic ring is 2. The van der Waals surface area contributed by atoms with Gasteiger partial charge in [0.25, 0.3) is 0 Å². The van der Waals surface area contributed by atoms with Crippen molar-refractivity contribution in [2.45, 2.75) is 6.92 Å². The molecule has 0 atom stereocenters. The van der Waals surface area contributed by atoms with Crippen molar-refractivity contribution in [1.29, 1.82) is 0 Å². The normalized spacial score (nSPS) is 11.3. The first-order chi connectivity index (χ1) is 7.65. The number of fused-ring (bicyclic) bond motifs is 3. The highest BCUT2D eigenvalue weighted by atomic mass is 16.3. The summed E-state index contributed by atoms with van der Waals surface area (Å²) in [6.07, 6.45) is 0. The van der Waals surface area contributed by atoms with Crippen LogP contribution in [0.3, 0.4) is 0 Å². The number of aryl methyl sites for hydroxylation is 1. The lowest BCUT2D eigenvalue weighted by molar-refractivity contribution is 0.669. The number of hydrogen-bond acceptors (Lipinski definition) is 3. The fourth-order valence-corrected chi connectivity index (χ4v) is 2.16. The molecule has 3 aromatic rings. The molecule has 1 heterocycles. The number of hydrogen-bond donors (Lipinski definition) is 2. The van der Waals surface area contributed by atoms with Crippen LogP contribution in [0.5, 0.6) is 0 Å². The third-order valence-electron chi connectivity index (χ3n) is 2.82. The summed E-state index contributed by atoms with van der Waals surface area (Å²) < 4.78 is 5.73. The lowest BCUT2D eigenvalue weighted by Gasteiger charge is -1.98. The molecule has 0 aliphatic carbocycles. The van der Waals surface area contributed by atoms with Gasteiger partial charge >= 0.3 is 0 Å². The van der Waals surface area contributed by atoms with Gasteiger partial charge in [-0.15, -0.1) is 0 Å². The molecule has 16 heavy (non-hydrogen) atoms. The zero-order valence-electron chi connectivity index (χ0n) is 8.95. The SMILES string of the molecule is Cc1cc(N)cc2oc3cc(N)ccc3c12. The van der Waals surface area contributed by atoms with Gasteiger partial charge in [-0.25, -0.2) is 0 Å². The van der Waals surface area contributed by atoms with Crippen molar-refractivity contribution in [3.8, 4) is 0 Å². The van der Waals surface area contributed by atoms with E-state index in [0.29, 0.717) is 5.69 Å². The molecule has 0 radical (unpaired) electrons. The van der Waals surface area contributed by atoms with Crippen LogP contribution in [0.4, 0.5) is 11.4 Å². The van der Waals surface area contributed by atoms with Crippen molar-refractivity contribution < 1.29 is 4.42 Å². The number of nitrogens with two attached hydrogens (primary N) is 2. The molecule has 80 valence electrons. The Morgan fingerprint density at radius 1 is 0.938 bits per heavy atom. The Morgan fingerprint density at radius 2 is 1.69 bits per heavy atom. The largest absolute Gasteiger partial charge is 0.456 e. The highest BCUT2D eigenvalue weighted by Gasteiger charge is 2.09. The predicted octanol–water partition coefficient (Wildman–Crippen LogP) is 3.06. The molecule has 1 aromatic heterocycles. The summed E-state index contributed by atoms with van der Waals surface area (Å²) in [6, 6.07) is 9.50. The molecule has 2 aromatic carbocycles. The summed E-state index contributed by atoms with van der Waals surface area (Å²) in [5.41, 5.74) is 15.7. The third kappa shape index (κ3) is 1.15. The van der Waals surface area contributed by atoms with Gasteiger partial charge in [0.2, 0.25) is 0 Å². The predicted molar refractivity (Wildman–Crippen MR) is 67.3 cm³/mol. The van der Waals surface area contributed by atoms with Gasteiger partial charge in [0, 0.05) is 34.3 Å². The average molecular weight is 212 g/mol. The molecule has 0 amide bonds. The third-order valence-corrected chi connectivity index (χ3v) is 2.82. The Kier molecular flexibility index (Phi) is 1.66. The molecule has 0 spiro atoms. The Morgan fingerprint density at radius 3 is 2.50 bits per heavy atom. The van der Waals surface area contributed by atoms with Crippen LogP contribution in [-0.2, 0) is 0 Å². The van der Waals surface area contributed by atoms with E-state index in [9.17, 15) is 0 Å². The van der Waals surface area contributed by atoms with Crippen LogP contribution >= 0.6 is 0 Å². The first-order valence-electron chi connectivity index (χ1n) is 5.13. The van der Waals surface area contributed by atoms with E-state index in [4.69, 9.17) is 15.9 Å². The minimum Gasteiger partial charge on any atom is -0.456 e. The van der Waals surface area contributed by atoms with Crippen LogP contribution in [0.15, 0.2) is 34.7 Å². The van der Waals surface area contributed by atoms with Crippen molar-refractivity contribution >= 4 is 33.3 Å². The summed E-state index contributed by atoms with van der Waals surface area (Å²) >= 11 is 0. The van der Waals surface area contributed by atoms with E-state index in [2.05, 4.69) is 0 Å². The molecule has 0 saturated carbocycles. The van der Waals surface area contributed by atoms with E-state index >= 15 is 0 Å². The molecule has 0 unspecified atom stereocenters. The highest BCUT2D eigenvalue weighted by molar-refractivity contribution is 6.08. The fourth-order valence-electron chi connectivity index (χ4n) is 2.16. The average Bonchev–Trinajstić information content (AvgIpc) is 2.54. The molecule has 0 aliphatic heterocycles. The first-order valence-corrected chi connectivity index (χ1v) is 5.13. The number of benzene rings is 2. The van der Waals surface area contributed by atoms with Crippen LogP contribution in [0.25, 0.3) is 21.9 Å². The molecule has 0 aliphatic rings. The maximum Gasteiger partial charge on any atom is 0.137 e. The Bertz CT molecular complexity index is 698. The van der Waals surface area contributed by atoms with Crippen LogP contribution in [0.1, 0.15) is 5.56 Å². The molecule has 0 bridgehead atoms. The topological polar surface area (TPSA) is 65.2 Å². The zero-order valence-corrected chi connectivity index (χ0v) is 8.95. The van der Waals surface area contributed by atoms with E-state index in [-0.39, 0.29) is 0 Å². The van der Waals surface area contributed by atoms with Gasteiger partial charge in [-0.3, -0.25) is 0 Å². The second-order valence-corrected chi connectivity index (χ2v) is 4.07. The Labute approximate surface area is 92.6 Å². The van der Waals surface area contributed by atoms with E-state index < -0.39 is 0 Å². The number of anilines is 2. The Hall–Kier alpha value is -2.16. The Balaban J connectivity index is 2.56. The maximum absolute atomic E-state index is 5.79. The molecular weight excluding hydrogens is 200 g/mol. The number of rotatable bonds is 0. The van der Waals surface area contributed by atoms with Crippen LogP contribution < -0.4 is 11.5 Å². The number of furan rings is 1. The van der Waals surface area contributed by atoms with E-state index in [1.54, 1.807) is 0 Å². The quantitative estimate of drug-likeness (QED) is 0.563.